The first-order valence-corrected chi connectivity index (χ1v) is 11.3. The van der Waals surface area contributed by atoms with E-state index in [0.29, 0.717) is 24.9 Å². The van der Waals surface area contributed by atoms with Gasteiger partial charge in [-0.2, -0.15) is 0 Å². The fourth-order valence-electron chi connectivity index (χ4n) is 5.26. The molecule has 1 saturated carbocycles. The molecule has 2 N–H and O–H groups in total. The number of aldehydes is 1. The molecule has 2 aliphatic rings. The molecular formula is C26H29N3O2. The van der Waals surface area contributed by atoms with Crippen LogP contribution >= 0.6 is 0 Å². The van der Waals surface area contributed by atoms with Crippen molar-refractivity contribution in [1.82, 2.24) is 4.98 Å². The molecule has 3 aromatic rings. The van der Waals surface area contributed by atoms with Crippen molar-refractivity contribution in [2.24, 2.45) is 5.92 Å². The minimum Gasteiger partial charge on any atom is -0.382 e. The second-order valence-electron chi connectivity index (χ2n) is 8.66. The van der Waals surface area contributed by atoms with Crippen LogP contribution < -0.4 is 10.6 Å². The van der Waals surface area contributed by atoms with Crippen LogP contribution in [0.25, 0.3) is 22.0 Å². The second kappa shape index (κ2) is 8.67. The Kier molecular flexibility index (Phi) is 5.60. The van der Waals surface area contributed by atoms with E-state index in [1.165, 1.54) is 12.8 Å². The first kappa shape index (κ1) is 20.0. The lowest BCUT2D eigenvalue weighted by atomic mass is 9.82. The third-order valence-corrected chi connectivity index (χ3v) is 6.87. The maximum Gasteiger partial charge on any atom is 0.147 e. The third-order valence-electron chi connectivity index (χ3n) is 6.87. The zero-order valence-corrected chi connectivity index (χ0v) is 17.8. The number of fused-ring (bicyclic) bond motifs is 1. The van der Waals surface area contributed by atoms with Crippen LogP contribution in [0.4, 0.5) is 11.5 Å². The molecule has 1 aliphatic heterocycles. The molecular weight excluding hydrogens is 386 g/mol. The van der Waals surface area contributed by atoms with Gasteiger partial charge in [0.2, 0.25) is 0 Å². The normalized spacial score (nSPS) is 18.4. The first-order chi connectivity index (χ1) is 15.3. The Morgan fingerprint density at radius 1 is 1.03 bits per heavy atom. The minimum absolute atomic E-state index is 0.0704. The fraction of sp³-hybridized carbons (Fsp3) is 0.385. The van der Waals surface area contributed by atoms with E-state index in [1.807, 2.05) is 12.1 Å². The molecule has 0 amide bonds. The van der Waals surface area contributed by atoms with E-state index in [-0.39, 0.29) is 5.92 Å². The van der Waals surface area contributed by atoms with Crippen LogP contribution in [0.15, 0.2) is 48.5 Å². The maximum atomic E-state index is 12.2. The van der Waals surface area contributed by atoms with Crippen LogP contribution in [-0.2, 0) is 9.53 Å². The predicted octanol–water partition coefficient (Wildman–Crippen LogP) is 4.79. The molecule has 5 rings (SSSR count). The standard InChI is InChI=1S/C26H29N3O2/c27-26-24(29-12-14-31-15-13-29)16-19-8-5-11-22(25(19)28-26)20-9-3-4-10-21(20)23(17-30)18-6-1-2-7-18/h3-5,8-11,16-18,23H,1-2,6-7,12-15H2,(H2,27,28). The molecule has 1 unspecified atom stereocenters. The molecule has 1 saturated heterocycles. The molecule has 2 aromatic carbocycles. The first-order valence-electron chi connectivity index (χ1n) is 11.3. The molecule has 1 atom stereocenters. The smallest absolute Gasteiger partial charge is 0.147 e. The summed E-state index contributed by atoms with van der Waals surface area (Å²) in [6, 6.07) is 16.7. The number of para-hydroxylation sites is 1. The van der Waals surface area contributed by atoms with E-state index < -0.39 is 0 Å². The van der Waals surface area contributed by atoms with Gasteiger partial charge in [0.1, 0.15) is 12.1 Å². The van der Waals surface area contributed by atoms with Crippen molar-refractivity contribution in [3.63, 3.8) is 0 Å². The van der Waals surface area contributed by atoms with Crippen molar-refractivity contribution in [3.05, 3.63) is 54.1 Å². The number of hydrogen-bond donors (Lipinski definition) is 1. The predicted molar refractivity (Wildman–Crippen MR) is 125 cm³/mol. The van der Waals surface area contributed by atoms with E-state index in [1.54, 1.807) is 0 Å². The zero-order chi connectivity index (χ0) is 21.2. The number of nitrogens with two attached hydrogens (primary N) is 1. The number of pyridine rings is 1. The van der Waals surface area contributed by atoms with Crippen molar-refractivity contribution >= 4 is 28.7 Å². The van der Waals surface area contributed by atoms with Crippen molar-refractivity contribution in [2.75, 3.05) is 36.9 Å². The molecule has 2 fully saturated rings. The summed E-state index contributed by atoms with van der Waals surface area (Å²) in [5.74, 6) is 0.903. The van der Waals surface area contributed by atoms with E-state index in [2.05, 4.69) is 41.3 Å². The molecule has 0 radical (unpaired) electrons. The molecule has 5 nitrogen and oxygen atoms in total. The van der Waals surface area contributed by atoms with Gasteiger partial charge < -0.3 is 20.2 Å². The number of hydrogen-bond acceptors (Lipinski definition) is 5. The topological polar surface area (TPSA) is 68.5 Å². The Balaban J connectivity index is 1.61. The van der Waals surface area contributed by atoms with Crippen LogP contribution in [-0.4, -0.2) is 37.6 Å². The van der Waals surface area contributed by atoms with Gasteiger partial charge >= 0.3 is 0 Å². The summed E-state index contributed by atoms with van der Waals surface area (Å²) in [6.45, 7) is 3.06. The summed E-state index contributed by atoms with van der Waals surface area (Å²) >= 11 is 0. The molecule has 2 heterocycles. The molecule has 31 heavy (non-hydrogen) atoms. The summed E-state index contributed by atoms with van der Waals surface area (Å²) < 4.78 is 5.48. The molecule has 0 spiro atoms. The number of anilines is 2. The average Bonchev–Trinajstić information content (AvgIpc) is 3.34. The fourth-order valence-corrected chi connectivity index (χ4v) is 5.26. The Labute approximate surface area is 183 Å². The second-order valence-corrected chi connectivity index (χ2v) is 8.66. The summed E-state index contributed by atoms with van der Waals surface area (Å²) in [5, 5.41) is 1.06. The Morgan fingerprint density at radius 3 is 2.55 bits per heavy atom. The minimum atomic E-state index is -0.0704. The SMILES string of the molecule is Nc1nc2c(-c3ccccc3C(C=O)C3CCCC3)cccc2cc1N1CCOCC1. The van der Waals surface area contributed by atoms with Crippen LogP contribution in [0.5, 0.6) is 0 Å². The van der Waals surface area contributed by atoms with Crippen molar-refractivity contribution in [2.45, 2.75) is 31.6 Å². The van der Waals surface area contributed by atoms with Crippen LogP contribution in [0, 0.1) is 5.92 Å². The van der Waals surface area contributed by atoms with E-state index in [9.17, 15) is 4.79 Å². The average molecular weight is 416 g/mol. The quantitative estimate of drug-likeness (QED) is 0.607. The summed E-state index contributed by atoms with van der Waals surface area (Å²) in [6.07, 6.45) is 5.84. The molecule has 1 aliphatic carbocycles. The highest BCUT2D eigenvalue weighted by molar-refractivity contribution is 5.98. The monoisotopic (exact) mass is 415 g/mol. The number of morpholine rings is 1. The van der Waals surface area contributed by atoms with Crippen molar-refractivity contribution < 1.29 is 9.53 Å². The largest absolute Gasteiger partial charge is 0.382 e. The number of carbonyl (C=O) groups is 1. The third kappa shape index (κ3) is 3.79. The van der Waals surface area contributed by atoms with Gasteiger partial charge in [-0.25, -0.2) is 4.98 Å². The Hall–Kier alpha value is -2.92. The van der Waals surface area contributed by atoms with E-state index >= 15 is 0 Å². The molecule has 5 heteroatoms. The van der Waals surface area contributed by atoms with E-state index in [0.717, 1.165) is 65.5 Å². The number of nitrogens with zero attached hydrogens (tertiary/aromatic N) is 2. The number of aromatic nitrogens is 1. The van der Waals surface area contributed by atoms with Gasteiger partial charge in [-0.3, -0.25) is 0 Å². The van der Waals surface area contributed by atoms with Crippen molar-refractivity contribution in [1.29, 1.82) is 0 Å². The molecule has 0 bridgehead atoms. The lowest BCUT2D eigenvalue weighted by molar-refractivity contribution is -0.110. The summed E-state index contributed by atoms with van der Waals surface area (Å²) in [7, 11) is 0. The van der Waals surface area contributed by atoms with Crippen molar-refractivity contribution in [3.8, 4) is 11.1 Å². The number of rotatable bonds is 5. The number of ether oxygens (including phenoxy) is 1. The lowest BCUT2D eigenvalue weighted by Gasteiger charge is -2.29. The molecule has 1 aromatic heterocycles. The number of benzene rings is 2. The summed E-state index contributed by atoms with van der Waals surface area (Å²) in [4.78, 5) is 19.3. The number of carbonyl (C=O) groups excluding carboxylic acids is 1. The van der Waals surface area contributed by atoms with Gasteiger partial charge in [-0.1, -0.05) is 55.3 Å². The Bertz CT molecular complexity index is 1090. The van der Waals surface area contributed by atoms with Gasteiger partial charge in [0.15, 0.2) is 0 Å². The Morgan fingerprint density at radius 2 is 1.77 bits per heavy atom. The van der Waals surface area contributed by atoms with Crippen LogP contribution in [0.3, 0.4) is 0 Å². The van der Waals surface area contributed by atoms with E-state index in [4.69, 9.17) is 15.5 Å². The van der Waals surface area contributed by atoms with Gasteiger partial charge in [0.05, 0.1) is 24.4 Å². The highest BCUT2D eigenvalue weighted by Gasteiger charge is 2.28. The highest BCUT2D eigenvalue weighted by atomic mass is 16.5. The van der Waals surface area contributed by atoms with Gasteiger partial charge in [-0.15, -0.1) is 0 Å². The highest BCUT2D eigenvalue weighted by Crippen LogP contribution is 2.41. The van der Waals surface area contributed by atoms with Gasteiger partial charge in [0, 0.05) is 30.0 Å². The molecule has 160 valence electrons. The lowest BCUT2D eigenvalue weighted by Crippen LogP contribution is -2.36. The zero-order valence-electron chi connectivity index (χ0n) is 17.8. The number of nitrogen functional groups attached to an aromatic ring is 1. The van der Waals surface area contributed by atoms with Gasteiger partial charge in [0.25, 0.3) is 0 Å². The van der Waals surface area contributed by atoms with Crippen LogP contribution in [0.2, 0.25) is 0 Å². The maximum absolute atomic E-state index is 12.2. The van der Waals surface area contributed by atoms with Gasteiger partial charge in [-0.05, 0) is 36.0 Å². The summed E-state index contributed by atoms with van der Waals surface area (Å²) in [5.41, 5.74) is 11.5. The van der Waals surface area contributed by atoms with Crippen LogP contribution in [0.1, 0.15) is 37.2 Å².